The van der Waals surface area contributed by atoms with E-state index in [-0.39, 0.29) is 32.9 Å². The Balaban J connectivity index is 2.61. The Kier molecular flexibility index (Phi) is 3.94. The average molecular weight is 244 g/mol. The average Bonchev–Trinajstić information content (AvgIpc) is 2.88. The molecule has 1 fully saturated rings. The van der Waals surface area contributed by atoms with Gasteiger partial charge in [-0.3, -0.25) is 0 Å². The van der Waals surface area contributed by atoms with E-state index >= 15 is 0 Å². The molecule has 1 aromatic rings. The summed E-state index contributed by atoms with van der Waals surface area (Å²) in [4.78, 5) is 0. The maximum absolute atomic E-state index is 14.7. The Hall–Kier alpha value is -0.605. The van der Waals surface area contributed by atoms with Crippen LogP contribution in [0.25, 0.3) is 0 Å². The summed E-state index contributed by atoms with van der Waals surface area (Å²) in [6.07, 6.45) is 1.20. The van der Waals surface area contributed by atoms with Gasteiger partial charge in [-0.2, -0.15) is 0 Å². The lowest BCUT2D eigenvalue weighted by Gasteiger charge is -2.32. The molecule has 86 valence electrons. The lowest BCUT2D eigenvalue weighted by Crippen LogP contribution is -2.60. The van der Waals surface area contributed by atoms with Crippen LogP contribution in [-0.4, -0.2) is 56.9 Å². The van der Waals surface area contributed by atoms with Gasteiger partial charge in [0.25, 0.3) is 0 Å². The molecule has 0 spiro atoms. The summed E-state index contributed by atoms with van der Waals surface area (Å²) in [7, 11) is 28.4. The molecule has 1 saturated heterocycles. The van der Waals surface area contributed by atoms with Gasteiger partial charge in [0, 0.05) is 5.56 Å². The van der Waals surface area contributed by atoms with Crippen LogP contribution in [0.3, 0.4) is 0 Å². The molecule has 8 heteroatoms. The lowest BCUT2D eigenvalue weighted by atomic mass is 9.59. The molecule has 0 aliphatic carbocycles. The SMILES string of the molecule is [B]c1c([B])c([B])c([C@](O)(F)[C@@H]2CCCN2)c([B])c1[B]. The molecule has 2 nitrogen and oxygen atoms in total. The van der Waals surface area contributed by atoms with Gasteiger partial charge in [-0.1, -0.05) is 10.9 Å². The summed E-state index contributed by atoms with van der Waals surface area (Å²) in [6, 6.07) is -0.806. The van der Waals surface area contributed by atoms with E-state index in [1.807, 2.05) is 0 Å². The summed E-state index contributed by atoms with van der Waals surface area (Å²) in [5.41, 5.74) is -0.817. The maximum Gasteiger partial charge on any atom is 0.247 e. The fourth-order valence-corrected chi connectivity index (χ4v) is 2.41. The highest BCUT2D eigenvalue weighted by Crippen LogP contribution is 2.28. The van der Waals surface area contributed by atoms with Crippen molar-refractivity contribution in [3.05, 3.63) is 5.56 Å². The largest absolute Gasteiger partial charge is 0.357 e. The zero-order chi connectivity index (χ0) is 14.4. The minimum Gasteiger partial charge on any atom is -0.357 e. The molecule has 10 radical (unpaired) electrons. The van der Waals surface area contributed by atoms with Gasteiger partial charge < -0.3 is 10.4 Å². The fraction of sp³-hybridized carbons (Fsp3) is 0.455. The third-order valence-electron chi connectivity index (χ3n) is 3.57. The van der Waals surface area contributed by atoms with Crippen molar-refractivity contribution in [2.24, 2.45) is 0 Å². The zero-order valence-electron chi connectivity index (χ0n) is 10.4. The van der Waals surface area contributed by atoms with Gasteiger partial charge in [-0.25, -0.2) is 4.39 Å². The van der Waals surface area contributed by atoms with Gasteiger partial charge in [-0.05, 0) is 19.4 Å². The Labute approximate surface area is 119 Å². The Bertz CT molecular complexity index is 487. The van der Waals surface area contributed by atoms with Crippen molar-refractivity contribution in [3.63, 3.8) is 0 Å². The monoisotopic (exact) mass is 245 g/mol. The minimum atomic E-state index is -2.75. The van der Waals surface area contributed by atoms with Gasteiger partial charge >= 0.3 is 0 Å². The topological polar surface area (TPSA) is 32.3 Å². The summed E-state index contributed by atoms with van der Waals surface area (Å²) >= 11 is 0. The number of alkyl halides is 1. The number of aliphatic hydroxyl groups is 1. The molecule has 19 heavy (non-hydrogen) atoms. The van der Waals surface area contributed by atoms with Crippen molar-refractivity contribution in [1.29, 1.82) is 0 Å². The molecule has 1 aliphatic rings. The fourth-order valence-electron chi connectivity index (χ4n) is 2.41. The molecule has 0 unspecified atom stereocenters. The second-order valence-corrected chi connectivity index (χ2v) is 4.77. The van der Waals surface area contributed by atoms with E-state index in [2.05, 4.69) is 5.32 Å². The van der Waals surface area contributed by atoms with Gasteiger partial charge in [0.1, 0.15) is 39.2 Å². The highest BCUT2D eigenvalue weighted by atomic mass is 19.2. The first-order chi connectivity index (χ1) is 8.78. The van der Waals surface area contributed by atoms with E-state index in [9.17, 15) is 9.50 Å². The van der Waals surface area contributed by atoms with Crippen molar-refractivity contribution in [2.75, 3.05) is 6.54 Å². The van der Waals surface area contributed by atoms with Crippen LogP contribution < -0.4 is 32.6 Å². The highest BCUT2D eigenvalue weighted by molar-refractivity contribution is 6.67. The zero-order valence-corrected chi connectivity index (χ0v) is 10.4. The number of halogens is 1. The minimum absolute atomic E-state index is 0.00562. The highest BCUT2D eigenvalue weighted by Gasteiger charge is 2.42. The first-order valence-electron chi connectivity index (χ1n) is 5.95. The molecule has 2 N–H and O–H groups in total. The first-order valence-corrected chi connectivity index (χ1v) is 5.95. The molecule has 0 saturated carbocycles. The van der Waals surface area contributed by atoms with E-state index in [4.69, 9.17) is 39.2 Å². The maximum atomic E-state index is 14.7. The van der Waals surface area contributed by atoms with Crippen LogP contribution in [0, 0.1) is 0 Å². The molecular formula is C11H9B5FNO. The van der Waals surface area contributed by atoms with Crippen LogP contribution in [0.15, 0.2) is 0 Å². The second kappa shape index (κ2) is 5.06. The van der Waals surface area contributed by atoms with Crippen molar-refractivity contribution in [1.82, 2.24) is 5.32 Å². The van der Waals surface area contributed by atoms with Crippen LogP contribution in [0.5, 0.6) is 0 Å². The molecule has 1 heterocycles. The standard InChI is InChI=1S/C11H9B5FNO/c12-6-5(7(13)9(15)10(16)8(6)14)11(17,19)4-2-1-3-18-4/h4,18-19H,1-3H2/t4-,11-/m0/s1. The van der Waals surface area contributed by atoms with Crippen molar-refractivity contribution < 1.29 is 9.50 Å². The smallest absolute Gasteiger partial charge is 0.247 e. The molecule has 2 rings (SSSR count). The summed E-state index contributed by atoms with van der Waals surface area (Å²) < 4.78 is 14.7. The van der Waals surface area contributed by atoms with Crippen LogP contribution in [0.2, 0.25) is 0 Å². The summed E-state index contributed by atoms with van der Waals surface area (Å²) in [5.74, 6) is -2.75. The number of rotatable bonds is 2. The Morgan fingerprint density at radius 1 is 1.00 bits per heavy atom. The van der Waals surface area contributed by atoms with Crippen LogP contribution in [0.4, 0.5) is 4.39 Å². The number of hydrogen-bond acceptors (Lipinski definition) is 2. The van der Waals surface area contributed by atoms with E-state index in [0.29, 0.717) is 13.0 Å². The summed E-state index contributed by atoms with van der Waals surface area (Å²) in [6.45, 7) is 0.608. The first kappa shape index (κ1) is 14.8. The molecule has 1 aliphatic heterocycles. The van der Waals surface area contributed by atoms with Crippen molar-refractivity contribution in [2.45, 2.75) is 24.7 Å². The molecule has 0 aromatic heterocycles. The van der Waals surface area contributed by atoms with Crippen LogP contribution in [0.1, 0.15) is 18.4 Å². The predicted molar refractivity (Wildman–Crippen MR) is 79.4 cm³/mol. The Morgan fingerprint density at radius 3 is 1.89 bits per heavy atom. The quantitative estimate of drug-likeness (QED) is 0.514. The third kappa shape index (κ3) is 2.29. The van der Waals surface area contributed by atoms with E-state index in [1.54, 1.807) is 0 Å². The third-order valence-corrected chi connectivity index (χ3v) is 3.57. The van der Waals surface area contributed by atoms with Crippen LogP contribution in [-0.2, 0) is 5.85 Å². The van der Waals surface area contributed by atoms with Crippen molar-refractivity contribution in [3.8, 4) is 0 Å². The van der Waals surface area contributed by atoms with Gasteiger partial charge in [0.2, 0.25) is 5.85 Å². The number of hydrogen-bond donors (Lipinski definition) is 2. The molecule has 1 aromatic carbocycles. The number of benzene rings is 1. The van der Waals surface area contributed by atoms with E-state index in [0.717, 1.165) is 6.42 Å². The predicted octanol–water partition coefficient (Wildman–Crippen LogP) is -4.48. The molecule has 0 amide bonds. The van der Waals surface area contributed by atoms with E-state index in [1.165, 1.54) is 0 Å². The Morgan fingerprint density at radius 2 is 1.47 bits per heavy atom. The second-order valence-electron chi connectivity index (χ2n) is 4.77. The normalized spacial score (nSPS) is 22.3. The number of nitrogens with one attached hydrogen (secondary N) is 1. The molecule has 0 bridgehead atoms. The van der Waals surface area contributed by atoms with Crippen molar-refractivity contribution >= 4 is 66.5 Å². The van der Waals surface area contributed by atoms with Gasteiger partial charge in [0.05, 0.1) is 6.04 Å². The van der Waals surface area contributed by atoms with Crippen LogP contribution >= 0.6 is 0 Å². The van der Waals surface area contributed by atoms with Gasteiger partial charge in [0.15, 0.2) is 0 Å². The summed E-state index contributed by atoms with van der Waals surface area (Å²) in [5, 5.41) is 13.0. The molecular weight excluding hydrogens is 235 g/mol. The van der Waals surface area contributed by atoms with E-state index < -0.39 is 11.9 Å². The van der Waals surface area contributed by atoms with Gasteiger partial charge in [-0.15, -0.1) is 16.4 Å². The lowest BCUT2D eigenvalue weighted by molar-refractivity contribution is -0.119. The molecule has 2 atom stereocenters.